The number of rotatable bonds is 4. The molecule has 0 aliphatic carbocycles. The monoisotopic (exact) mass is 236 g/mol. The average Bonchev–Trinajstić information content (AvgIpc) is 2.23. The quantitative estimate of drug-likeness (QED) is 0.691. The molecular formula is C15H28N2. The zero-order valence-electron chi connectivity index (χ0n) is 12.2. The number of nitrogens with zero attached hydrogens (tertiary/aromatic N) is 2. The molecular weight excluding hydrogens is 208 g/mol. The van der Waals surface area contributed by atoms with Gasteiger partial charge in [0.1, 0.15) is 0 Å². The van der Waals surface area contributed by atoms with Gasteiger partial charge in [-0.25, -0.2) is 0 Å². The Morgan fingerprint density at radius 2 is 1.71 bits per heavy atom. The van der Waals surface area contributed by atoms with Gasteiger partial charge in [0.05, 0.1) is 6.17 Å². The van der Waals surface area contributed by atoms with Crippen LogP contribution >= 0.6 is 0 Å². The minimum absolute atomic E-state index is 0.496. The Hall–Kier alpha value is -0.600. The van der Waals surface area contributed by atoms with Crippen LogP contribution in [-0.4, -0.2) is 43.2 Å². The van der Waals surface area contributed by atoms with E-state index >= 15 is 0 Å². The second kappa shape index (κ2) is 6.97. The van der Waals surface area contributed by atoms with E-state index in [1.807, 2.05) is 0 Å². The van der Waals surface area contributed by atoms with E-state index in [1.54, 1.807) is 0 Å². The molecule has 17 heavy (non-hydrogen) atoms. The maximum Gasteiger partial charge on any atom is 0.0812 e. The summed E-state index contributed by atoms with van der Waals surface area (Å²) in [5, 5.41) is 0. The Kier molecular flexibility index (Phi) is 5.93. The van der Waals surface area contributed by atoms with Crippen LogP contribution in [0.4, 0.5) is 0 Å². The highest BCUT2D eigenvalue weighted by Crippen LogP contribution is 2.15. The Balaban J connectivity index is 2.50. The van der Waals surface area contributed by atoms with Crippen molar-refractivity contribution in [3.63, 3.8) is 0 Å². The molecule has 2 heteroatoms. The highest BCUT2D eigenvalue weighted by Gasteiger charge is 2.21. The van der Waals surface area contributed by atoms with Gasteiger partial charge >= 0.3 is 0 Å². The predicted molar refractivity (Wildman–Crippen MR) is 76.1 cm³/mol. The zero-order valence-corrected chi connectivity index (χ0v) is 12.2. The van der Waals surface area contributed by atoms with Crippen LogP contribution in [0.5, 0.6) is 0 Å². The molecule has 0 bridgehead atoms. The van der Waals surface area contributed by atoms with Crippen molar-refractivity contribution in [3.8, 4) is 0 Å². The lowest BCUT2D eigenvalue weighted by molar-refractivity contribution is 0.0758. The second-order valence-corrected chi connectivity index (χ2v) is 5.56. The molecule has 0 aromatic rings. The number of allylic oxidation sites excluding steroid dienone is 3. The van der Waals surface area contributed by atoms with Crippen molar-refractivity contribution in [2.24, 2.45) is 0 Å². The molecule has 0 aromatic carbocycles. The molecule has 0 aromatic heterocycles. The third kappa shape index (κ3) is 5.05. The largest absolute Gasteiger partial charge is 0.288 e. The molecule has 0 N–H and O–H groups in total. The van der Waals surface area contributed by atoms with Crippen molar-refractivity contribution in [2.45, 2.75) is 46.2 Å². The van der Waals surface area contributed by atoms with Crippen LogP contribution in [0.3, 0.4) is 0 Å². The SMILES string of the molecule is CC(C)=CCC/C(C)=C/C1N(C)CCCN1C. The van der Waals surface area contributed by atoms with E-state index < -0.39 is 0 Å². The van der Waals surface area contributed by atoms with E-state index in [2.05, 4.69) is 56.8 Å². The van der Waals surface area contributed by atoms with Gasteiger partial charge in [0.2, 0.25) is 0 Å². The second-order valence-electron chi connectivity index (χ2n) is 5.56. The predicted octanol–water partition coefficient (Wildman–Crippen LogP) is 3.27. The Morgan fingerprint density at radius 3 is 2.24 bits per heavy atom. The van der Waals surface area contributed by atoms with Crippen molar-refractivity contribution in [2.75, 3.05) is 27.2 Å². The van der Waals surface area contributed by atoms with Crippen LogP contribution < -0.4 is 0 Å². The van der Waals surface area contributed by atoms with E-state index in [9.17, 15) is 0 Å². The summed E-state index contributed by atoms with van der Waals surface area (Å²) in [6.45, 7) is 9.03. The lowest BCUT2D eigenvalue weighted by atomic mass is 10.1. The summed E-state index contributed by atoms with van der Waals surface area (Å²) in [7, 11) is 4.44. The van der Waals surface area contributed by atoms with Crippen LogP contribution in [0.1, 0.15) is 40.0 Å². The first kappa shape index (κ1) is 14.5. The van der Waals surface area contributed by atoms with Crippen LogP contribution in [0.25, 0.3) is 0 Å². The van der Waals surface area contributed by atoms with Crippen LogP contribution in [0.15, 0.2) is 23.3 Å². The zero-order chi connectivity index (χ0) is 12.8. The summed E-state index contributed by atoms with van der Waals surface area (Å²) in [5.41, 5.74) is 2.93. The smallest absolute Gasteiger partial charge is 0.0812 e. The first-order valence-electron chi connectivity index (χ1n) is 6.72. The summed E-state index contributed by atoms with van der Waals surface area (Å²) >= 11 is 0. The first-order valence-corrected chi connectivity index (χ1v) is 6.72. The standard InChI is InChI=1S/C15H28N2/c1-13(2)8-6-9-14(3)12-15-16(4)10-7-11-17(15)5/h8,12,15H,6-7,9-11H2,1-5H3/b14-12+. The fourth-order valence-corrected chi connectivity index (χ4v) is 2.35. The fourth-order valence-electron chi connectivity index (χ4n) is 2.35. The summed E-state index contributed by atoms with van der Waals surface area (Å²) < 4.78 is 0. The van der Waals surface area contributed by atoms with Crippen LogP contribution in [-0.2, 0) is 0 Å². The molecule has 1 heterocycles. The molecule has 1 saturated heterocycles. The highest BCUT2D eigenvalue weighted by atomic mass is 15.3. The Labute approximate surface area is 107 Å². The summed E-state index contributed by atoms with van der Waals surface area (Å²) in [6, 6.07) is 0. The first-order chi connectivity index (χ1) is 8.00. The normalized spacial score (nSPS) is 20.6. The number of likely N-dealkylation sites (N-methyl/N-ethyl adjacent to an activating group) is 2. The van der Waals surface area contributed by atoms with Crippen LogP contribution in [0.2, 0.25) is 0 Å². The van der Waals surface area contributed by atoms with Crippen molar-refractivity contribution in [1.29, 1.82) is 0 Å². The lowest BCUT2D eigenvalue weighted by Gasteiger charge is -2.38. The Bertz CT molecular complexity index is 277. The van der Waals surface area contributed by atoms with E-state index in [-0.39, 0.29) is 0 Å². The van der Waals surface area contributed by atoms with Gasteiger partial charge < -0.3 is 0 Å². The maximum absolute atomic E-state index is 2.44. The Morgan fingerprint density at radius 1 is 1.12 bits per heavy atom. The maximum atomic E-state index is 2.44. The fraction of sp³-hybridized carbons (Fsp3) is 0.733. The van der Waals surface area contributed by atoms with Gasteiger partial charge in [-0.2, -0.15) is 0 Å². The lowest BCUT2D eigenvalue weighted by Crippen LogP contribution is -2.49. The van der Waals surface area contributed by atoms with Crippen molar-refractivity contribution >= 4 is 0 Å². The van der Waals surface area contributed by atoms with Crippen molar-refractivity contribution in [1.82, 2.24) is 9.80 Å². The summed E-state index contributed by atoms with van der Waals surface area (Å²) in [5.74, 6) is 0. The topological polar surface area (TPSA) is 6.48 Å². The van der Waals surface area contributed by atoms with E-state index in [1.165, 1.54) is 43.5 Å². The van der Waals surface area contributed by atoms with Gasteiger partial charge in [0, 0.05) is 13.1 Å². The molecule has 1 rings (SSSR count). The van der Waals surface area contributed by atoms with E-state index in [4.69, 9.17) is 0 Å². The molecule has 0 saturated carbocycles. The molecule has 98 valence electrons. The number of hydrogen-bond donors (Lipinski definition) is 0. The molecule has 0 amide bonds. The molecule has 0 atom stereocenters. The molecule has 0 unspecified atom stereocenters. The van der Waals surface area contributed by atoms with Crippen molar-refractivity contribution in [3.05, 3.63) is 23.3 Å². The van der Waals surface area contributed by atoms with Gasteiger partial charge in [-0.15, -0.1) is 0 Å². The van der Waals surface area contributed by atoms with Gasteiger partial charge in [0.15, 0.2) is 0 Å². The average molecular weight is 236 g/mol. The number of hydrogen-bond acceptors (Lipinski definition) is 2. The molecule has 0 spiro atoms. The van der Waals surface area contributed by atoms with Crippen molar-refractivity contribution < 1.29 is 0 Å². The molecule has 2 nitrogen and oxygen atoms in total. The van der Waals surface area contributed by atoms with E-state index in [0.717, 1.165) is 0 Å². The summed E-state index contributed by atoms with van der Waals surface area (Å²) in [6.07, 6.45) is 8.89. The van der Waals surface area contributed by atoms with Crippen LogP contribution in [0, 0.1) is 0 Å². The molecule has 1 fully saturated rings. The molecule has 1 aliphatic rings. The van der Waals surface area contributed by atoms with Gasteiger partial charge in [-0.1, -0.05) is 23.3 Å². The minimum Gasteiger partial charge on any atom is -0.288 e. The third-order valence-electron chi connectivity index (χ3n) is 3.45. The van der Waals surface area contributed by atoms with Gasteiger partial charge in [0.25, 0.3) is 0 Å². The van der Waals surface area contributed by atoms with Gasteiger partial charge in [-0.3, -0.25) is 9.80 Å². The highest BCUT2D eigenvalue weighted by molar-refractivity contribution is 5.06. The van der Waals surface area contributed by atoms with Gasteiger partial charge in [-0.05, 0) is 54.1 Å². The minimum atomic E-state index is 0.496. The summed E-state index contributed by atoms with van der Waals surface area (Å²) in [4.78, 5) is 4.88. The molecule has 0 radical (unpaired) electrons. The third-order valence-corrected chi connectivity index (χ3v) is 3.45. The molecule has 1 aliphatic heterocycles. The van der Waals surface area contributed by atoms with E-state index in [0.29, 0.717) is 6.17 Å².